The van der Waals surface area contributed by atoms with Gasteiger partial charge >= 0.3 is 0 Å². The molecule has 1 heterocycles. The molecule has 0 aliphatic rings. The number of hydrogen-bond acceptors (Lipinski definition) is 3. The number of rotatable bonds is 3. The van der Waals surface area contributed by atoms with Crippen LogP contribution in [0.5, 0.6) is 0 Å². The summed E-state index contributed by atoms with van der Waals surface area (Å²) in [4.78, 5) is 16.2. The van der Waals surface area contributed by atoms with Gasteiger partial charge in [-0.3, -0.25) is 9.78 Å². The number of Topliss-reactive ketones (excluding diaryl/α,β-unsaturated/α-hetero) is 1. The fourth-order valence-electron chi connectivity index (χ4n) is 1.57. The van der Waals surface area contributed by atoms with Crippen LogP contribution in [-0.2, 0) is 0 Å². The maximum Gasteiger partial charge on any atom is 0.186 e. The third-order valence-electron chi connectivity index (χ3n) is 2.43. The van der Waals surface area contributed by atoms with Crippen LogP contribution in [0.4, 0.5) is 0 Å². The van der Waals surface area contributed by atoms with Gasteiger partial charge in [-0.1, -0.05) is 36.4 Å². The fourth-order valence-corrected chi connectivity index (χ4v) is 1.57. The Hall–Kier alpha value is -2.47. The molecule has 0 aliphatic carbocycles. The SMILES string of the molecule is N#C[C@@H](C(=O)c1ccccc1)c1ccccn1. The zero-order chi connectivity index (χ0) is 12.1. The predicted octanol–water partition coefficient (Wildman–Crippen LogP) is 2.57. The highest BCUT2D eigenvalue weighted by Crippen LogP contribution is 2.17. The molecule has 2 aromatic rings. The van der Waals surface area contributed by atoms with Crippen molar-refractivity contribution in [1.82, 2.24) is 4.98 Å². The summed E-state index contributed by atoms with van der Waals surface area (Å²) in [5.74, 6) is -1.05. The van der Waals surface area contributed by atoms with Crippen molar-refractivity contribution in [3.05, 3.63) is 66.0 Å². The van der Waals surface area contributed by atoms with Crippen molar-refractivity contribution < 1.29 is 4.79 Å². The van der Waals surface area contributed by atoms with Gasteiger partial charge in [0.25, 0.3) is 0 Å². The Kier molecular flexibility index (Phi) is 3.27. The molecular weight excluding hydrogens is 212 g/mol. The molecule has 0 amide bonds. The lowest BCUT2D eigenvalue weighted by Crippen LogP contribution is -2.12. The number of nitriles is 1. The first-order valence-electron chi connectivity index (χ1n) is 5.22. The Morgan fingerprint density at radius 3 is 2.41 bits per heavy atom. The second kappa shape index (κ2) is 5.04. The van der Waals surface area contributed by atoms with Crippen molar-refractivity contribution in [2.75, 3.05) is 0 Å². The summed E-state index contributed by atoms with van der Waals surface area (Å²) in [6.45, 7) is 0. The number of benzene rings is 1. The first-order chi connectivity index (χ1) is 8.33. The molecule has 17 heavy (non-hydrogen) atoms. The van der Waals surface area contributed by atoms with E-state index in [2.05, 4.69) is 4.98 Å². The normalized spacial score (nSPS) is 11.5. The monoisotopic (exact) mass is 222 g/mol. The molecule has 0 N–H and O–H groups in total. The number of hydrogen-bond donors (Lipinski definition) is 0. The van der Waals surface area contributed by atoms with Crippen molar-refractivity contribution in [2.24, 2.45) is 0 Å². The first kappa shape index (κ1) is 11.0. The van der Waals surface area contributed by atoms with E-state index in [4.69, 9.17) is 5.26 Å². The number of carbonyl (C=O) groups is 1. The zero-order valence-electron chi connectivity index (χ0n) is 9.08. The number of carbonyl (C=O) groups excluding carboxylic acids is 1. The number of pyridine rings is 1. The summed E-state index contributed by atoms with van der Waals surface area (Å²) < 4.78 is 0. The van der Waals surface area contributed by atoms with Gasteiger partial charge in [-0.25, -0.2) is 0 Å². The van der Waals surface area contributed by atoms with Gasteiger partial charge in [0.05, 0.1) is 11.8 Å². The summed E-state index contributed by atoms with van der Waals surface area (Å²) in [6, 6.07) is 16.0. The van der Waals surface area contributed by atoms with Gasteiger partial charge in [-0.05, 0) is 12.1 Å². The topological polar surface area (TPSA) is 53.8 Å². The molecule has 2 rings (SSSR count). The Morgan fingerprint density at radius 1 is 1.12 bits per heavy atom. The quantitative estimate of drug-likeness (QED) is 0.750. The van der Waals surface area contributed by atoms with Crippen LogP contribution in [0.15, 0.2) is 54.7 Å². The minimum absolute atomic E-state index is 0.216. The zero-order valence-corrected chi connectivity index (χ0v) is 9.08. The van der Waals surface area contributed by atoms with Crippen molar-refractivity contribution in [3.63, 3.8) is 0 Å². The standard InChI is InChI=1S/C14H10N2O/c15-10-12(13-8-4-5-9-16-13)14(17)11-6-2-1-3-7-11/h1-9,12H/t12-/m1/s1. The summed E-state index contributed by atoms with van der Waals surface area (Å²) >= 11 is 0. The van der Waals surface area contributed by atoms with Crippen molar-refractivity contribution in [3.8, 4) is 6.07 Å². The predicted molar refractivity (Wildman–Crippen MR) is 63.4 cm³/mol. The van der Waals surface area contributed by atoms with E-state index in [1.807, 2.05) is 12.1 Å². The highest BCUT2D eigenvalue weighted by atomic mass is 16.1. The van der Waals surface area contributed by atoms with Crippen LogP contribution in [0.2, 0.25) is 0 Å². The van der Waals surface area contributed by atoms with E-state index >= 15 is 0 Å². The average Bonchev–Trinajstić information content (AvgIpc) is 2.42. The molecule has 1 atom stereocenters. The number of ketones is 1. The average molecular weight is 222 g/mol. The Balaban J connectivity index is 2.33. The maximum absolute atomic E-state index is 12.1. The molecule has 82 valence electrons. The third kappa shape index (κ3) is 2.37. The molecular formula is C14H10N2O. The van der Waals surface area contributed by atoms with Crippen LogP contribution in [0.1, 0.15) is 22.0 Å². The van der Waals surface area contributed by atoms with Crippen LogP contribution in [0, 0.1) is 11.3 Å². The van der Waals surface area contributed by atoms with Crippen LogP contribution in [-0.4, -0.2) is 10.8 Å². The molecule has 0 saturated carbocycles. The molecule has 1 aromatic carbocycles. The fraction of sp³-hybridized carbons (Fsp3) is 0.0714. The number of aromatic nitrogens is 1. The first-order valence-corrected chi connectivity index (χ1v) is 5.22. The summed E-state index contributed by atoms with van der Waals surface area (Å²) in [5.41, 5.74) is 1.02. The lowest BCUT2D eigenvalue weighted by atomic mass is 9.95. The molecule has 0 bridgehead atoms. The van der Waals surface area contributed by atoms with Crippen molar-refractivity contribution in [1.29, 1.82) is 5.26 Å². The van der Waals surface area contributed by atoms with E-state index in [0.717, 1.165) is 0 Å². The molecule has 1 aromatic heterocycles. The second-order valence-electron chi connectivity index (χ2n) is 3.55. The molecule has 0 aliphatic heterocycles. The Morgan fingerprint density at radius 2 is 1.82 bits per heavy atom. The van der Waals surface area contributed by atoms with Gasteiger partial charge in [0.2, 0.25) is 0 Å². The van der Waals surface area contributed by atoms with E-state index in [1.54, 1.807) is 48.7 Å². The molecule has 0 fully saturated rings. The highest BCUT2D eigenvalue weighted by molar-refractivity contribution is 6.02. The van der Waals surface area contributed by atoms with Crippen LogP contribution in [0.25, 0.3) is 0 Å². The van der Waals surface area contributed by atoms with E-state index in [1.165, 1.54) is 0 Å². The molecule has 3 nitrogen and oxygen atoms in total. The summed E-state index contributed by atoms with van der Waals surface area (Å²) in [6.07, 6.45) is 1.58. The van der Waals surface area contributed by atoms with Gasteiger partial charge in [-0.15, -0.1) is 0 Å². The Labute approximate surface area is 99.4 Å². The molecule has 3 heteroatoms. The maximum atomic E-state index is 12.1. The van der Waals surface area contributed by atoms with Gasteiger partial charge in [0.1, 0.15) is 0 Å². The number of nitrogens with zero attached hydrogens (tertiary/aromatic N) is 2. The van der Waals surface area contributed by atoms with Crippen LogP contribution >= 0.6 is 0 Å². The van der Waals surface area contributed by atoms with E-state index in [0.29, 0.717) is 11.3 Å². The smallest absolute Gasteiger partial charge is 0.186 e. The lowest BCUT2D eigenvalue weighted by Gasteiger charge is -2.06. The van der Waals surface area contributed by atoms with Crippen molar-refractivity contribution in [2.45, 2.75) is 5.92 Å². The lowest BCUT2D eigenvalue weighted by molar-refractivity contribution is 0.0977. The molecule has 0 spiro atoms. The summed E-state index contributed by atoms with van der Waals surface area (Å²) in [5, 5.41) is 9.10. The van der Waals surface area contributed by atoms with E-state index < -0.39 is 5.92 Å². The third-order valence-corrected chi connectivity index (χ3v) is 2.43. The molecule has 0 radical (unpaired) electrons. The van der Waals surface area contributed by atoms with E-state index in [-0.39, 0.29) is 5.78 Å². The van der Waals surface area contributed by atoms with Crippen LogP contribution < -0.4 is 0 Å². The largest absolute Gasteiger partial charge is 0.292 e. The minimum atomic E-state index is -0.835. The summed E-state index contributed by atoms with van der Waals surface area (Å²) in [7, 11) is 0. The minimum Gasteiger partial charge on any atom is -0.292 e. The van der Waals surface area contributed by atoms with E-state index in [9.17, 15) is 4.79 Å². The van der Waals surface area contributed by atoms with Crippen molar-refractivity contribution >= 4 is 5.78 Å². The second-order valence-corrected chi connectivity index (χ2v) is 3.55. The van der Waals surface area contributed by atoms with Gasteiger partial charge < -0.3 is 0 Å². The van der Waals surface area contributed by atoms with Gasteiger partial charge in [-0.2, -0.15) is 5.26 Å². The highest BCUT2D eigenvalue weighted by Gasteiger charge is 2.22. The Bertz CT molecular complexity index is 543. The van der Waals surface area contributed by atoms with Crippen LogP contribution in [0.3, 0.4) is 0 Å². The van der Waals surface area contributed by atoms with Gasteiger partial charge in [0.15, 0.2) is 11.7 Å². The van der Waals surface area contributed by atoms with Gasteiger partial charge in [0, 0.05) is 11.8 Å². The molecule has 0 unspecified atom stereocenters. The molecule has 0 saturated heterocycles.